The number of nitrogens with zero attached hydrogens (tertiary/aromatic N) is 3. The Morgan fingerprint density at radius 1 is 1.33 bits per heavy atom. The van der Waals surface area contributed by atoms with Gasteiger partial charge in [-0.2, -0.15) is 0 Å². The van der Waals surface area contributed by atoms with Crippen molar-refractivity contribution in [2.24, 2.45) is 27.7 Å². The van der Waals surface area contributed by atoms with Crippen molar-refractivity contribution in [3.8, 4) is 0 Å². The molecular formula is C25H25Cl2FN4O4. The molecule has 6 rings (SSSR count). The summed E-state index contributed by atoms with van der Waals surface area (Å²) in [7, 11) is 0. The molecule has 1 amide bonds. The van der Waals surface area contributed by atoms with Gasteiger partial charge < -0.3 is 24.8 Å². The van der Waals surface area contributed by atoms with Crippen LogP contribution in [0, 0.1) is 23.6 Å². The first kappa shape index (κ1) is 24.8. The van der Waals surface area contributed by atoms with E-state index < -0.39 is 5.82 Å². The van der Waals surface area contributed by atoms with Crippen molar-refractivity contribution in [1.29, 1.82) is 0 Å². The lowest BCUT2D eigenvalue weighted by Crippen LogP contribution is -2.60. The van der Waals surface area contributed by atoms with Crippen LogP contribution in [0.25, 0.3) is 0 Å². The number of allylic oxidation sites excluding steroid dienone is 2. The third-order valence-electron chi connectivity index (χ3n) is 6.89. The molecule has 0 radical (unpaired) electrons. The highest BCUT2D eigenvalue weighted by molar-refractivity contribution is 6.42. The van der Waals surface area contributed by atoms with Gasteiger partial charge in [0.1, 0.15) is 30.6 Å². The number of carbonyl (C=O) groups excluding carboxylic acids is 1. The topological polar surface area (TPSA) is 95.8 Å². The number of amidine groups is 1. The van der Waals surface area contributed by atoms with Crippen molar-refractivity contribution >= 4 is 47.0 Å². The first-order chi connectivity index (χ1) is 17.4. The van der Waals surface area contributed by atoms with Crippen LogP contribution in [0.15, 0.2) is 58.1 Å². The summed E-state index contributed by atoms with van der Waals surface area (Å²) in [5.41, 5.74) is 0.817. The Labute approximate surface area is 217 Å². The highest BCUT2D eigenvalue weighted by atomic mass is 35.5. The van der Waals surface area contributed by atoms with E-state index in [1.807, 2.05) is 0 Å². The van der Waals surface area contributed by atoms with Crippen LogP contribution in [0.1, 0.15) is 12.8 Å². The second kappa shape index (κ2) is 10.2. The maximum absolute atomic E-state index is 14.7. The van der Waals surface area contributed by atoms with Crippen molar-refractivity contribution in [3.63, 3.8) is 0 Å². The summed E-state index contributed by atoms with van der Waals surface area (Å²) in [4.78, 5) is 22.6. The van der Waals surface area contributed by atoms with Gasteiger partial charge in [0.2, 0.25) is 5.91 Å². The van der Waals surface area contributed by atoms with Gasteiger partial charge in [-0.15, -0.1) is 0 Å². The highest BCUT2D eigenvalue weighted by Crippen LogP contribution is 2.45. The fourth-order valence-electron chi connectivity index (χ4n) is 5.09. The number of benzene rings is 1. The maximum Gasteiger partial charge on any atom is 0.245 e. The van der Waals surface area contributed by atoms with E-state index in [-0.39, 0.29) is 58.7 Å². The van der Waals surface area contributed by atoms with Crippen molar-refractivity contribution in [2.75, 3.05) is 31.6 Å². The third-order valence-corrected chi connectivity index (χ3v) is 7.67. The number of hydrogen-bond donors (Lipinski definition) is 2. The number of hydrogen-bond acceptors (Lipinski definition) is 7. The molecule has 3 fully saturated rings. The zero-order valence-corrected chi connectivity index (χ0v) is 20.8. The molecule has 1 saturated carbocycles. The lowest BCUT2D eigenvalue weighted by Gasteiger charge is -2.53. The molecule has 36 heavy (non-hydrogen) atoms. The molecule has 2 saturated heterocycles. The number of carbonyl (C=O) groups is 1. The maximum atomic E-state index is 14.7. The van der Waals surface area contributed by atoms with Crippen molar-refractivity contribution in [1.82, 2.24) is 4.90 Å². The number of aliphatic hydroxyl groups excluding tert-OH is 1. The van der Waals surface area contributed by atoms with Gasteiger partial charge in [0.15, 0.2) is 11.6 Å². The van der Waals surface area contributed by atoms with Gasteiger partial charge in [-0.25, -0.2) is 14.4 Å². The average Bonchev–Trinajstić information content (AvgIpc) is 2.90. The Morgan fingerprint density at radius 3 is 2.83 bits per heavy atom. The second-order valence-electron chi connectivity index (χ2n) is 9.08. The number of fused-ring (bicyclic) bond motifs is 3. The van der Waals surface area contributed by atoms with Gasteiger partial charge >= 0.3 is 0 Å². The lowest BCUT2D eigenvalue weighted by molar-refractivity contribution is -0.150. The van der Waals surface area contributed by atoms with Crippen LogP contribution in [0.3, 0.4) is 0 Å². The molecule has 5 aliphatic rings. The minimum atomic E-state index is -0.671. The van der Waals surface area contributed by atoms with E-state index in [2.05, 4.69) is 21.9 Å². The van der Waals surface area contributed by atoms with E-state index in [1.165, 1.54) is 24.5 Å². The van der Waals surface area contributed by atoms with E-state index in [1.54, 1.807) is 11.0 Å². The number of ether oxygens (including phenoxy) is 2. The third kappa shape index (κ3) is 4.63. The fraction of sp³-hybridized carbons (Fsp3) is 0.400. The largest absolute Gasteiger partial charge is 0.490 e. The summed E-state index contributed by atoms with van der Waals surface area (Å²) >= 11 is 11.9. The zero-order valence-electron chi connectivity index (χ0n) is 19.3. The first-order valence-electron chi connectivity index (χ1n) is 11.7. The SMILES string of the molecule is C=CC(=O)N1CC2CC(C1)C2OC1=C(OCCO)C=C2N=CN=C(Nc3ccc(Cl)c(Cl)c3F)C2C1. The summed E-state index contributed by atoms with van der Waals surface area (Å²) < 4.78 is 27.0. The number of anilines is 1. The number of amides is 1. The molecule has 2 N–H and O–H groups in total. The smallest absolute Gasteiger partial charge is 0.245 e. The normalized spacial score (nSPS) is 26.4. The Morgan fingerprint density at radius 2 is 2.11 bits per heavy atom. The Hall–Kier alpha value is -2.88. The summed E-state index contributed by atoms with van der Waals surface area (Å²) in [6, 6.07) is 3.01. The van der Waals surface area contributed by atoms with Gasteiger partial charge in [0, 0.05) is 37.4 Å². The quantitative estimate of drug-likeness (QED) is 0.404. The summed E-state index contributed by atoms with van der Waals surface area (Å²) in [6.07, 6.45) is 5.81. The number of aliphatic imine (C=N–C) groups is 2. The molecule has 11 heteroatoms. The van der Waals surface area contributed by atoms with Crippen LogP contribution in [0.2, 0.25) is 10.0 Å². The lowest BCUT2D eigenvalue weighted by atomic mass is 9.68. The van der Waals surface area contributed by atoms with Gasteiger partial charge in [-0.3, -0.25) is 4.79 Å². The van der Waals surface area contributed by atoms with Crippen LogP contribution >= 0.6 is 23.2 Å². The molecule has 3 heterocycles. The van der Waals surface area contributed by atoms with E-state index in [0.29, 0.717) is 42.6 Å². The Bertz CT molecular complexity index is 1200. The van der Waals surface area contributed by atoms with Crippen LogP contribution < -0.4 is 5.32 Å². The minimum Gasteiger partial charge on any atom is -0.490 e. The summed E-state index contributed by atoms with van der Waals surface area (Å²) in [5.74, 6) is 0.944. The van der Waals surface area contributed by atoms with Crippen molar-refractivity contribution in [3.05, 3.63) is 63.9 Å². The molecule has 190 valence electrons. The molecule has 0 aromatic heterocycles. The number of piperidine rings is 2. The second-order valence-corrected chi connectivity index (χ2v) is 9.86. The monoisotopic (exact) mass is 534 g/mol. The van der Waals surface area contributed by atoms with Crippen LogP contribution in [0.5, 0.6) is 0 Å². The van der Waals surface area contributed by atoms with Crippen LogP contribution in [-0.2, 0) is 14.3 Å². The average molecular weight is 535 g/mol. The number of rotatable bonds is 7. The Kier molecular flexibility index (Phi) is 7.05. The van der Waals surface area contributed by atoms with Crippen molar-refractivity contribution < 1.29 is 23.8 Å². The number of nitrogens with one attached hydrogen (secondary N) is 1. The predicted octanol–water partition coefficient (Wildman–Crippen LogP) is 4.16. The van der Waals surface area contributed by atoms with Gasteiger partial charge in [0.05, 0.1) is 34.0 Å². The van der Waals surface area contributed by atoms with Gasteiger partial charge in [0.25, 0.3) is 0 Å². The van der Waals surface area contributed by atoms with Gasteiger partial charge in [-0.05, 0) is 24.6 Å². The molecule has 3 unspecified atom stereocenters. The van der Waals surface area contributed by atoms with Crippen molar-refractivity contribution in [2.45, 2.75) is 18.9 Å². The molecular weight excluding hydrogens is 510 g/mol. The molecule has 3 atom stereocenters. The van der Waals surface area contributed by atoms with Crippen LogP contribution in [-0.4, -0.2) is 60.5 Å². The minimum absolute atomic E-state index is 0.0514. The zero-order chi connectivity index (χ0) is 25.4. The molecule has 1 aromatic rings. The molecule has 2 bridgehead atoms. The summed E-state index contributed by atoms with van der Waals surface area (Å²) in [6.45, 7) is 4.77. The van der Waals surface area contributed by atoms with E-state index >= 15 is 0 Å². The molecule has 2 aliphatic carbocycles. The molecule has 0 spiro atoms. The molecule has 8 nitrogen and oxygen atoms in total. The number of halogens is 3. The predicted molar refractivity (Wildman–Crippen MR) is 135 cm³/mol. The Balaban J connectivity index is 1.36. The molecule has 3 aliphatic heterocycles. The van der Waals surface area contributed by atoms with Gasteiger partial charge in [-0.1, -0.05) is 29.8 Å². The highest BCUT2D eigenvalue weighted by Gasteiger charge is 2.50. The van der Waals surface area contributed by atoms with E-state index in [9.17, 15) is 14.3 Å². The van der Waals surface area contributed by atoms with E-state index in [0.717, 1.165) is 6.42 Å². The van der Waals surface area contributed by atoms with Crippen LogP contribution in [0.4, 0.5) is 10.1 Å². The molecule has 1 aromatic carbocycles. The standard InChI is InChI=1S/C25H25Cl2FN4O4/c1-2-21(34)32-10-13-7-14(11-32)24(13)36-20-8-15-18(9-19(20)35-6-5-33)29-12-30-25(15)31-17-4-3-16(26)22(27)23(17)28/h2-4,9,12-15,24,33H,1,5-8,10-11H2,(H,29,30,31). The first-order valence-corrected chi connectivity index (χ1v) is 12.4. The number of aliphatic hydroxyl groups is 1. The summed E-state index contributed by atoms with van der Waals surface area (Å²) in [5, 5.41) is 12.3. The van der Waals surface area contributed by atoms with E-state index in [4.69, 9.17) is 32.7 Å². The fourth-order valence-corrected chi connectivity index (χ4v) is 5.40.